The largest absolute Gasteiger partial charge is 0.361 e. The Morgan fingerprint density at radius 2 is 1.91 bits per heavy atom. The number of rotatable bonds is 6. The minimum atomic E-state index is 0.184. The van der Waals surface area contributed by atoms with Crippen molar-refractivity contribution in [2.75, 3.05) is 13.1 Å². The van der Waals surface area contributed by atoms with E-state index < -0.39 is 0 Å². The molecule has 3 heterocycles. The van der Waals surface area contributed by atoms with Crippen LogP contribution in [0.1, 0.15) is 48.8 Å². The topological polar surface area (TPSA) is 69.7 Å². The standard InChI is InChI=1S/C27H31N5OS/c1-3-19-5-4-6-22-23(17-28-25(19)22)20-11-14-31(15-12-20)24(33)13-16-32-26(29-30-27(32)34)21-9-7-18(2)8-10-21/h4-10,17,20,28H,3,11-16H2,1-2H3,(H,30,34). The molecular formula is C27H31N5OS. The van der Waals surface area contributed by atoms with Crippen molar-refractivity contribution in [1.82, 2.24) is 24.6 Å². The third-order valence-corrected chi connectivity index (χ3v) is 7.43. The maximum absolute atomic E-state index is 13.0. The second kappa shape index (κ2) is 9.58. The van der Waals surface area contributed by atoms with E-state index in [1.54, 1.807) is 0 Å². The molecule has 34 heavy (non-hydrogen) atoms. The zero-order valence-electron chi connectivity index (χ0n) is 19.8. The molecule has 0 aliphatic carbocycles. The second-order valence-corrected chi connectivity index (χ2v) is 9.60. The Labute approximate surface area is 205 Å². The predicted octanol–water partition coefficient (Wildman–Crippen LogP) is 5.76. The molecule has 0 saturated carbocycles. The van der Waals surface area contributed by atoms with E-state index in [0.29, 0.717) is 23.7 Å². The van der Waals surface area contributed by atoms with Crippen molar-refractivity contribution >= 4 is 29.0 Å². The molecule has 0 spiro atoms. The molecule has 4 aromatic rings. The van der Waals surface area contributed by atoms with Gasteiger partial charge in [0.05, 0.1) is 0 Å². The van der Waals surface area contributed by atoms with Crippen LogP contribution < -0.4 is 0 Å². The molecule has 1 saturated heterocycles. The van der Waals surface area contributed by atoms with Gasteiger partial charge in [0.1, 0.15) is 0 Å². The summed E-state index contributed by atoms with van der Waals surface area (Å²) in [5.74, 6) is 1.45. The summed E-state index contributed by atoms with van der Waals surface area (Å²) in [4.78, 5) is 18.5. The van der Waals surface area contributed by atoms with E-state index in [9.17, 15) is 4.79 Å². The van der Waals surface area contributed by atoms with Crippen molar-refractivity contribution in [2.45, 2.75) is 52.0 Å². The fraction of sp³-hybridized carbons (Fsp3) is 0.370. The predicted molar refractivity (Wildman–Crippen MR) is 138 cm³/mol. The fourth-order valence-electron chi connectivity index (χ4n) is 5.12. The molecule has 2 aromatic heterocycles. The van der Waals surface area contributed by atoms with Gasteiger partial charge in [0, 0.05) is 48.7 Å². The first-order chi connectivity index (χ1) is 16.5. The first-order valence-corrected chi connectivity index (χ1v) is 12.5. The lowest BCUT2D eigenvalue weighted by molar-refractivity contribution is -0.132. The van der Waals surface area contributed by atoms with Gasteiger partial charge in [0.2, 0.25) is 5.91 Å². The Kier molecular flexibility index (Phi) is 6.37. The Morgan fingerprint density at radius 1 is 1.15 bits per heavy atom. The third-order valence-electron chi connectivity index (χ3n) is 7.12. The van der Waals surface area contributed by atoms with E-state index in [0.717, 1.165) is 43.7 Å². The van der Waals surface area contributed by atoms with Crippen LogP contribution in [0.4, 0.5) is 0 Å². The molecular weight excluding hydrogens is 442 g/mol. The summed E-state index contributed by atoms with van der Waals surface area (Å²) >= 11 is 5.44. The average molecular weight is 474 g/mol. The number of aromatic nitrogens is 4. The number of H-pyrrole nitrogens is 2. The van der Waals surface area contributed by atoms with Gasteiger partial charge in [-0.05, 0) is 55.4 Å². The first-order valence-electron chi connectivity index (χ1n) is 12.1. The van der Waals surface area contributed by atoms with Crippen LogP contribution in [0.5, 0.6) is 0 Å². The van der Waals surface area contributed by atoms with Gasteiger partial charge in [0.15, 0.2) is 10.6 Å². The number of piperidine rings is 1. The Balaban J connectivity index is 1.22. The number of amides is 1. The number of hydrogen-bond donors (Lipinski definition) is 2. The summed E-state index contributed by atoms with van der Waals surface area (Å²) < 4.78 is 2.48. The molecule has 5 rings (SSSR count). The van der Waals surface area contributed by atoms with Gasteiger partial charge in [-0.15, -0.1) is 0 Å². The number of nitrogens with one attached hydrogen (secondary N) is 2. The van der Waals surface area contributed by atoms with Gasteiger partial charge in [-0.25, -0.2) is 0 Å². The van der Waals surface area contributed by atoms with Crippen molar-refractivity contribution in [2.24, 2.45) is 0 Å². The maximum atomic E-state index is 13.0. The van der Waals surface area contributed by atoms with Crippen molar-refractivity contribution < 1.29 is 4.79 Å². The van der Waals surface area contributed by atoms with Crippen molar-refractivity contribution in [3.8, 4) is 11.4 Å². The second-order valence-electron chi connectivity index (χ2n) is 9.21. The van der Waals surface area contributed by atoms with Gasteiger partial charge >= 0.3 is 0 Å². The molecule has 1 amide bonds. The zero-order valence-corrected chi connectivity index (χ0v) is 20.6. The van der Waals surface area contributed by atoms with Crippen LogP contribution in [-0.2, 0) is 17.8 Å². The lowest BCUT2D eigenvalue weighted by atomic mass is 9.88. The lowest BCUT2D eigenvalue weighted by Crippen LogP contribution is -2.38. The van der Waals surface area contributed by atoms with Gasteiger partial charge in [-0.3, -0.25) is 14.5 Å². The molecule has 2 N–H and O–H groups in total. The highest BCUT2D eigenvalue weighted by Crippen LogP contribution is 2.34. The van der Waals surface area contributed by atoms with Crippen molar-refractivity contribution in [1.29, 1.82) is 0 Å². The van der Waals surface area contributed by atoms with Gasteiger partial charge in [0.25, 0.3) is 0 Å². The molecule has 2 aromatic carbocycles. The number of aryl methyl sites for hydroxylation is 2. The molecule has 0 bridgehead atoms. The highest BCUT2D eigenvalue weighted by molar-refractivity contribution is 7.71. The van der Waals surface area contributed by atoms with Crippen LogP contribution in [-0.4, -0.2) is 43.6 Å². The highest BCUT2D eigenvalue weighted by atomic mass is 32.1. The van der Waals surface area contributed by atoms with Crippen LogP contribution in [0, 0.1) is 11.7 Å². The first kappa shape index (κ1) is 22.6. The number of nitrogens with zero attached hydrogens (tertiary/aromatic N) is 3. The summed E-state index contributed by atoms with van der Waals surface area (Å²) in [7, 11) is 0. The number of para-hydroxylation sites is 1. The molecule has 7 heteroatoms. The molecule has 0 atom stereocenters. The summed E-state index contributed by atoms with van der Waals surface area (Å²) in [6.07, 6.45) is 5.61. The highest BCUT2D eigenvalue weighted by Gasteiger charge is 2.26. The van der Waals surface area contributed by atoms with Gasteiger partial charge in [-0.2, -0.15) is 5.10 Å². The number of hydrogen-bond acceptors (Lipinski definition) is 3. The van der Waals surface area contributed by atoms with Crippen LogP contribution >= 0.6 is 12.2 Å². The average Bonchev–Trinajstić information content (AvgIpc) is 3.46. The van der Waals surface area contributed by atoms with Crippen LogP contribution in [0.3, 0.4) is 0 Å². The smallest absolute Gasteiger partial charge is 0.224 e. The molecule has 0 unspecified atom stereocenters. The lowest BCUT2D eigenvalue weighted by Gasteiger charge is -2.32. The number of benzene rings is 2. The monoisotopic (exact) mass is 473 g/mol. The van der Waals surface area contributed by atoms with Crippen LogP contribution in [0.2, 0.25) is 0 Å². The third kappa shape index (κ3) is 4.32. The fourth-order valence-corrected chi connectivity index (χ4v) is 5.35. The SMILES string of the molecule is CCc1cccc2c(C3CCN(C(=O)CCn4c(-c5ccc(C)cc5)n[nH]c4=S)CC3)c[nH]c12. The van der Waals surface area contributed by atoms with Crippen LogP contribution in [0.15, 0.2) is 48.7 Å². The molecule has 6 nitrogen and oxygen atoms in total. The molecule has 0 radical (unpaired) electrons. The Morgan fingerprint density at radius 3 is 2.65 bits per heavy atom. The Bertz CT molecular complexity index is 1360. The molecule has 1 aliphatic heterocycles. The van der Waals surface area contributed by atoms with Crippen molar-refractivity contribution in [3.05, 3.63) is 70.1 Å². The minimum absolute atomic E-state index is 0.184. The number of carbonyl (C=O) groups excluding carboxylic acids is 1. The number of aromatic amines is 2. The van der Waals surface area contributed by atoms with E-state index in [-0.39, 0.29) is 5.91 Å². The van der Waals surface area contributed by atoms with E-state index in [2.05, 4.69) is 65.6 Å². The number of carbonyl (C=O) groups is 1. The minimum Gasteiger partial charge on any atom is -0.361 e. The Hall–Kier alpha value is -3.19. The maximum Gasteiger partial charge on any atom is 0.224 e. The normalized spacial score (nSPS) is 14.7. The number of likely N-dealkylation sites (tertiary alicyclic amines) is 1. The molecule has 1 fully saturated rings. The summed E-state index contributed by atoms with van der Waals surface area (Å²) in [6, 6.07) is 14.8. The summed E-state index contributed by atoms with van der Waals surface area (Å²) in [6.45, 7) is 6.37. The van der Waals surface area contributed by atoms with E-state index in [1.807, 2.05) is 21.6 Å². The zero-order chi connectivity index (χ0) is 23.7. The quantitative estimate of drug-likeness (QED) is 0.350. The number of fused-ring (bicyclic) bond motifs is 1. The van der Waals surface area contributed by atoms with E-state index in [4.69, 9.17) is 12.2 Å². The van der Waals surface area contributed by atoms with Gasteiger partial charge in [-0.1, -0.05) is 55.0 Å². The van der Waals surface area contributed by atoms with E-state index >= 15 is 0 Å². The van der Waals surface area contributed by atoms with Gasteiger partial charge < -0.3 is 9.88 Å². The van der Waals surface area contributed by atoms with Crippen molar-refractivity contribution in [3.63, 3.8) is 0 Å². The summed E-state index contributed by atoms with van der Waals surface area (Å²) in [5, 5.41) is 8.62. The molecule has 176 valence electrons. The van der Waals surface area contributed by atoms with Crippen LogP contribution in [0.25, 0.3) is 22.3 Å². The molecule has 1 aliphatic rings. The summed E-state index contributed by atoms with van der Waals surface area (Å²) in [5.41, 5.74) is 6.21. The van der Waals surface area contributed by atoms with E-state index in [1.165, 1.54) is 27.6 Å².